The third-order valence-corrected chi connectivity index (χ3v) is 2.87. The van der Waals surface area contributed by atoms with Crippen molar-refractivity contribution in [2.45, 2.75) is 19.4 Å². The van der Waals surface area contributed by atoms with Crippen LogP contribution >= 0.6 is 15.9 Å². The number of pyridine rings is 1. The molecular formula is C10H10BrNO3. The molecule has 4 nitrogen and oxygen atoms in total. The predicted molar refractivity (Wildman–Crippen MR) is 58.1 cm³/mol. The number of nitrogens with zero attached hydrogens (tertiary/aromatic N) is 1. The summed E-state index contributed by atoms with van der Waals surface area (Å²) < 4.78 is 2.10. The van der Waals surface area contributed by atoms with E-state index in [4.69, 9.17) is 5.11 Å². The van der Waals surface area contributed by atoms with Gasteiger partial charge in [-0.3, -0.25) is 4.79 Å². The van der Waals surface area contributed by atoms with Crippen LogP contribution in [0.3, 0.4) is 0 Å². The molecule has 5 heteroatoms. The van der Waals surface area contributed by atoms with Gasteiger partial charge in [-0.15, -0.1) is 0 Å². The largest absolute Gasteiger partial charge is 0.477 e. The molecule has 1 aliphatic rings. The van der Waals surface area contributed by atoms with Gasteiger partial charge in [-0.05, 0) is 40.8 Å². The van der Waals surface area contributed by atoms with Crippen molar-refractivity contribution >= 4 is 21.9 Å². The van der Waals surface area contributed by atoms with Gasteiger partial charge in [-0.1, -0.05) is 0 Å². The number of carboxylic acids is 1. The summed E-state index contributed by atoms with van der Waals surface area (Å²) in [4.78, 5) is 22.5. The van der Waals surface area contributed by atoms with Gasteiger partial charge in [0, 0.05) is 17.2 Å². The number of carbonyl (C=O) groups is 1. The highest BCUT2D eigenvalue weighted by Gasteiger charge is 2.23. The first-order chi connectivity index (χ1) is 7.08. The third-order valence-electron chi connectivity index (χ3n) is 2.43. The van der Waals surface area contributed by atoms with E-state index in [0.29, 0.717) is 16.9 Å². The number of halogens is 1. The van der Waals surface area contributed by atoms with Crippen LogP contribution in [0.2, 0.25) is 0 Å². The summed E-state index contributed by atoms with van der Waals surface area (Å²) in [6.07, 6.45) is 3.90. The molecule has 1 saturated carbocycles. The summed E-state index contributed by atoms with van der Waals surface area (Å²) in [6.45, 7) is 0.624. The molecule has 0 atom stereocenters. The number of carboxylic acid groups (broad SMARTS) is 1. The molecule has 0 aromatic carbocycles. The lowest BCUT2D eigenvalue weighted by molar-refractivity contribution is 0.0694. The second-order valence-electron chi connectivity index (χ2n) is 3.78. The molecule has 1 aromatic heterocycles. The monoisotopic (exact) mass is 271 g/mol. The lowest BCUT2D eigenvalue weighted by Gasteiger charge is -2.06. The number of aromatic nitrogens is 1. The lowest BCUT2D eigenvalue weighted by Crippen LogP contribution is -2.26. The van der Waals surface area contributed by atoms with Crippen molar-refractivity contribution in [1.29, 1.82) is 0 Å². The van der Waals surface area contributed by atoms with Crippen LogP contribution in [-0.4, -0.2) is 15.6 Å². The summed E-state index contributed by atoms with van der Waals surface area (Å²) >= 11 is 3.20. The predicted octanol–water partition coefficient (Wildman–Crippen LogP) is 1.72. The van der Waals surface area contributed by atoms with Crippen LogP contribution in [0.5, 0.6) is 0 Å². The molecule has 0 aliphatic heterocycles. The molecule has 1 aliphatic carbocycles. The molecule has 1 fully saturated rings. The van der Waals surface area contributed by atoms with E-state index in [1.165, 1.54) is 10.6 Å². The highest BCUT2D eigenvalue weighted by atomic mass is 79.9. The first-order valence-electron chi connectivity index (χ1n) is 4.71. The highest BCUT2D eigenvalue weighted by Crippen LogP contribution is 2.30. The maximum Gasteiger partial charge on any atom is 0.341 e. The molecule has 1 aromatic rings. The molecule has 1 heterocycles. The van der Waals surface area contributed by atoms with E-state index in [2.05, 4.69) is 15.9 Å². The van der Waals surface area contributed by atoms with Crippen LogP contribution in [0.15, 0.2) is 21.5 Å². The van der Waals surface area contributed by atoms with E-state index < -0.39 is 11.5 Å². The molecule has 80 valence electrons. The minimum absolute atomic E-state index is 0.176. The van der Waals surface area contributed by atoms with E-state index in [0.717, 1.165) is 12.8 Å². The summed E-state index contributed by atoms with van der Waals surface area (Å²) in [7, 11) is 0. The molecule has 0 saturated heterocycles. The van der Waals surface area contributed by atoms with Crippen molar-refractivity contribution in [2.24, 2.45) is 5.92 Å². The van der Waals surface area contributed by atoms with Gasteiger partial charge in [0.2, 0.25) is 0 Å². The van der Waals surface area contributed by atoms with Crippen LogP contribution in [0.25, 0.3) is 0 Å². The molecule has 15 heavy (non-hydrogen) atoms. The van der Waals surface area contributed by atoms with Crippen molar-refractivity contribution in [1.82, 2.24) is 4.57 Å². The minimum Gasteiger partial charge on any atom is -0.477 e. The van der Waals surface area contributed by atoms with E-state index in [1.807, 2.05) is 0 Å². The van der Waals surface area contributed by atoms with Crippen LogP contribution in [0, 0.1) is 5.92 Å². The van der Waals surface area contributed by atoms with Crippen molar-refractivity contribution in [3.05, 3.63) is 32.7 Å². The van der Waals surface area contributed by atoms with Crippen LogP contribution in [0.1, 0.15) is 23.2 Å². The first kappa shape index (κ1) is 10.4. The van der Waals surface area contributed by atoms with Crippen LogP contribution < -0.4 is 5.56 Å². The van der Waals surface area contributed by atoms with Gasteiger partial charge < -0.3 is 9.67 Å². The fraction of sp³-hybridized carbons (Fsp3) is 0.400. The van der Waals surface area contributed by atoms with E-state index >= 15 is 0 Å². The Labute approximate surface area is 94.7 Å². The maximum atomic E-state index is 11.7. The summed E-state index contributed by atoms with van der Waals surface area (Å²) in [5, 5.41) is 8.83. The Morgan fingerprint density at radius 2 is 2.27 bits per heavy atom. The zero-order chi connectivity index (χ0) is 11.0. The Morgan fingerprint density at radius 3 is 2.80 bits per heavy atom. The smallest absolute Gasteiger partial charge is 0.341 e. The Hall–Kier alpha value is -1.10. The molecule has 2 rings (SSSR count). The Morgan fingerprint density at radius 1 is 1.60 bits per heavy atom. The van der Waals surface area contributed by atoms with Gasteiger partial charge in [0.1, 0.15) is 5.56 Å². The summed E-state index contributed by atoms with van der Waals surface area (Å²) in [5.74, 6) is -0.635. The van der Waals surface area contributed by atoms with Crippen LogP contribution in [0.4, 0.5) is 0 Å². The highest BCUT2D eigenvalue weighted by molar-refractivity contribution is 9.10. The number of aromatic carboxylic acids is 1. The van der Waals surface area contributed by atoms with Gasteiger partial charge in [0.15, 0.2) is 0 Å². The fourth-order valence-electron chi connectivity index (χ4n) is 1.47. The zero-order valence-corrected chi connectivity index (χ0v) is 9.53. The SMILES string of the molecule is O=C(O)c1cc(Br)cn(CC2CC2)c1=O. The van der Waals surface area contributed by atoms with E-state index in [-0.39, 0.29) is 5.56 Å². The average molecular weight is 272 g/mol. The standard InChI is InChI=1S/C10H10BrNO3/c11-7-3-8(10(14)15)9(13)12(5-7)4-6-1-2-6/h3,5-6H,1-2,4H2,(H,14,15). The Bertz CT molecular complexity index is 462. The molecule has 1 N–H and O–H groups in total. The summed E-state index contributed by atoms with van der Waals surface area (Å²) in [5.41, 5.74) is -0.595. The fourth-order valence-corrected chi connectivity index (χ4v) is 1.94. The molecule has 0 bridgehead atoms. The second kappa shape index (κ2) is 3.81. The van der Waals surface area contributed by atoms with Gasteiger partial charge in [0.25, 0.3) is 5.56 Å². The zero-order valence-electron chi connectivity index (χ0n) is 7.94. The number of hydrogen-bond donors (Lipinski definition) is 1. The van der Waals surface area contributed by atoms with Crippen LogP contribution in [-0.2, 0) is 6.54 Å². The summed E-state index contributed by atoms with van der Waals surface area (Å²) in [6, 6.07) is 1.34. The normalized spacial score (nSPS) is 15.3. The van der Waals surface area contributed by atoms with Gasteiger partial charge >= 0.3 is 5.97 Å². The molecule has 0 amide bonds. The van der Waals surface area contributed by atoms with Crippen molar-refractivity contribution in [2.75, 3.05) is 0 Å². The maximum absolute atomic E-state index is 11.7. The van der Waals surface area contributed by atoms with Gasteiger partial charge in [0.05, 0.1) is 0 Å². The van der Waals surface area contributed by atoms with E-state index in [9.17, 15) is 9.59 Å². The minimum atomic E-state index is -1.18. The topological polar surface area (TPSA) is 59.3 Å². The Balaban J connectivity index is 2.44. The molecular weight excluding hydrogens is 262 g/mol. The molecule has 0 radical (unpaired) electrons. The van der Waals surface area contributed by atoms with Crippen molar-refractivity contribution in [3.8, 4) is 0 Å². The lowest BCUT2D eigenvalue weighted by atomic mass is 10.2. The third kappa shape index (κ3) is 2.28. The van der Waals surface area contributed by atoms with Gasteiger partial charge in [-0.25, -0.2) is 4.79 Å². The van der Waals surface area contributed by atoms with Gasteiger partial charge in [-0.2, -0.15) is 0 Å². The van der Waals surface area contributed by atoms with Crippen molar-refractivity contribution < 1.29 is 9.90 Å². The average Bonchev–Trinajstić information content (AvgIpc) is 2.94. The Kier molecular flexibility index (Phi) is 2.65. The number of rotatable bonds is 3. The first-order valence-corrected chi connectivity index (χ1v) is 5.50. The quantitative estimate of drug-likeness (QED) is 0.911. The van der Waals surface area contributed by atoms with E-state index in [1.54, 1.807) is 6.20 Å². The molecule has 0 unspecified atom stereocenters. The van der Waals surface area contributed by atoms with Crippen molar-refractivity contribution in [3.63, 3.8) is 0 Å². The molecule has 0 spiro atoms. The number of hydrogen-bond acceptors (Lipinski definition) is 2. The second-order valence-corrected chi connectivity index (χ2v) is 4.69.